The predicted molar refractivity (Wildman–Crippen MR) is 76.4 cm³/mol. The molecule has 1 aliphatic rings. The Kier molecular flexibility index (Phi) is 3.85. The van der Waals surface area contributed by atoms with E-state index in [9.17, 15) is 19.2 Å². The van der Waals surface area contributed by atoms with Crippen LogP contribution in [0.1, 0.15) is 19.4 Å². The second-order valence-corrected chi connectivity index (χ2v) is 5.13. The van der Waals surface area contributed by atoms with Crippen molar-refractivity contribution in [3.8, 4) is 0 Å². The van der Waals surface area contributed by atoms with E-state index in [1.165, 1.54) is 6.92 Å². The van der Waals surface area contributed by atoms with E-state index in [0.29, 0.717) is 5.56 Å². The Morgan fingerprint density at radius 1 is 1.27 bits per heavy atom. The molecule has 0 aliphatic carbocycles. The number of amides is 6. The summed E-state index contributed by atoms with van der Waals surface area (Å²) in [7, 11) is 0. The average Bonchev–Trinajstić information content (AvgIpc) is 2.69. The molecule has 8 heteroatoms. The maximum absolute atomic E-state index is 12.6. The van der Waals surface area contributed by atoms with Crippen molar-refractivity contribution in [2.45, 2.75) is 25.4 Å². The average molecular weight is 304 g/mol. The number of hydrogen-bond donors (Lipinski definition) is 3. The number of carbonyl (C=O) groups excluding carboxylic acids is 4. The molecule has 2 atom stereocenters. The molecule has 1 fully saturated rings. The molecule has 0 spiro atoms. The molecule has 0 radical (unpaired) electrons. The summed E-state index contributed by atoms with van der Waals surface area (Å²) >= 11 is 0. The molecule has 1 saturated heterocycles. The maximum atomic E-state index is 12.6. The number of nitrogens with two attached hydrogens (primary N) is 1. The van der Waals surface area contributed by atoms with Gasteiger partial charge in [0.25, 0.3) is 11.8 Å². The Bertz CT molecular complexity index is 646. The van der Waals surface area contributed by atoms with Crippen LogP contribution in [0.4, 0.5) is 9.59 Å². The SMILES string of the molecule is C[C@@H](C(=O)NC(N)=O)N1C(=O)N[C@@](C)(c2ccccc2)C1=O. The van der Waals surface area contributed by atoms with E-state index in [2.05, 4.69) is 5.32 Å². The number of urea groups is 2. The molecule has 0 saturated carbocycles. The molecule has 1 heterocycles. The number of primary amides is 1. The first-order valence-electron chi connectivity index (χ1n) is 6.59. The third-order valence-corrected chi connectivity index (χ3v) is 3.59. The maximum Gasteiger partial charge on any atom is 0.326 e. The molecule has 1 aromatic carbocycles. The first kappa shape index (κ1) is 15.5. The van der Waals surface area contributed by atoms with Gasteiger partial charge in [0.05, 0.1) is 0 Å². The Morgan fingerprint density at radius 2 is 1.86 bits per heavy atom. The van der Waals surface area contributed by atoms with Crippen LogP contribution < -0.4 is 16.4 Å². The zero-order valence-corrected chi connectivity index (χ0v) is 12.1. The molecular formula is C14H16N4O4. The summed E-state index contributed by atoms with van der Waals surface area (Å²) in [5.74, 6) is -1.40. The van der Waals surface area contributed by atoms with Gasteiger partial charge in [0.1, 0.15) is 11.6 Å². The van der Waals surface area contributed by atoms with Crippen LogP contribution in [0.5, 0.6) is 0 Å². The third-order valence-electron chi connectivity index (χ3n) is 3.59. The van der Waals surface area contributed by atoms with Gasteiger partial charge in [0.15, 0.2) is 0 Å². The molecule has 0 aromatic heterocycles. The minimum Gasteiger partial charge on any atom is -0.351 e. The summed E-state index contributed by atoms with van der Waals surface area (Å²) in [6.07, 6.45) is 0. The van der Waals surface area contributed by atoms with Crippen LogP contribution >= 0.6 is 0 Å². The number of hydrogen-bond acceptors (Lipinski definition) is 4. The largest absolute Gasteiger partial charge is 0.351 e. The molecule has 4 N–H and O–H groups in total. The van der Waals surface area contributed by atoms with Crippen LogP contribution in [0.3, 0.4) is 0 Å². The lowest BCUT2D eigenvalue weighted by molar-refractivity contribution is -0.137. The van der Waals surface area contributed by atoms with Crippen molar-refractivity contribution in [3.63, 3.8) is 0 Å². The Morgan fingerprint density at radius 3 is 2.41 bits per heavy atom. The fourth-order valence-electron chi connectivity index (χ4n) is 2.32. The van der Waals surface area contributed by atoms with Crippen molar-refractivity contribution < 1.29 is 19.2 Å². The van der Waals surface area contributed by atoms with Gasteiger partial charge in [0, 0.05) is 0 Å². The van der Waals surface area contributed by atoms with Gasteiger partial charge in [0.2, 0.25) is 0 Å². The quantitative estimate of drug-likeness (QED) is 0.682. The van der Waals surface area contributed by atoms with Crippen molar-refractivity contribution >= 4 is 23.9 Å². The van der Waals surface area contributed by atoms with Crippen molar-refractivity contribution in [2.24, 2.45) is 5.73 Å². The van der Waals surface area contributed by atoms with Gasteiger partial charge in [-0.15, -0.1) is 0 Å². The Hall–Kier alpha value is -2.90. The van der Waals surface area contributed by atoms with Gasteiger partial charge in [-0.1, -0.05) is 30.3 Å². The second-order valence-electron chi connectivity index (χ2n) is 5.13. The van der Waals surface area contributed by atoms with E-state index >= 15 is 0 Å². The number of imide groups is 2. The monoisotopic (exact) mass is 304 g/mol. The summed E-state index contributed by atoms with van der Waals surface area (Å²) < 4.78 is 0. The van der Waals surface area contributed by atoms with Gasteiger partial charge >= 0.3 is 12.1 Å². The fraction of sp³-hybridized carbons (Fsp3) is 0.286. The van der Waals surface area contributed by atoms with Crippen LogP contribution in [0.25, 0.3) is 0 Å². The summed E-state index contributed by atoms with van der Waals surface area (Å²) in [6, 6.07) is 5.77. The zero-order valence-electron chi connectivity index (χ0n) is 12.1. The van der Waals surface area contributed by atoms with Crippen LogP contribution in [0, 0.1) is 0 Å². The number of carbonyl (C=O) groups is 4. The van der Waals surface area contributed by atoms with Crippen LogP contribution in [-0.2, 0) is 15.1 Å². The van der Waals surface area contributed by atoms with Crippen molar-refractivity contribution in [2.75, 3.05) is 0 Å². The van der Waals surface area contributed by atoms with Crippen molar-refractivity contribution in [3.05, 3.63) is 35.9 Å². The van der Waals surface area contributed by atoms with Gasteiger partial charge in [-0.25, -0.2) is 14.5 Å². The number of nitrogens with one attached hydrogen (secondary N) is 2. The minimum atomic E-state index is -1.26. The highest BCUT2D eigenvalue weighted by molar-refractivity contribution is 6.11. The minimum absolute atomic E-state index is 0.573. The van der Waals surface area contributed by atoms with E-state index in [1.807, 2.05) is 5.32 Å². The highest BCUT2D eigenvalue weighted by atomic mass is 16.2. The first-order chi connectivity index (χ1) is 10.3. The summed E-state index contributed by atoms with van der Waals surface area (Å²) in [5, 5.41) is 4.43. The van der Waals surface area contributed by atoms with E-state index in [1.54, 1.807) is 37.3 Å². The van der Waals surface area contributed by atoms with Crippen molar-refractivity contribution in [1.29, 1.82) is 0 Å². The molecule has 6 amide bonds. The third kappa shape index (κ3) is 2.50. The van der Waals surface area contributed by atoms with Crippen LogP contribution in [0.2, 0.25) is 0 Å². The normalized spacial score (nSPS) is 22.2. The lowest BCUT2D eigenvalue weighted by Crippen LogP contribution is -2.51. The molecule has 2 rings (SSSR count). The van der Waals surface area contributed by atoms with Crippen LogP contribution in [-0.4, -0.2) is 34.8 Å². The van der Waals surface area contributed by atoms with E-state index in [-0.39, 0.29) is 0 Å². The standard InChI is InChI=1S/C14H16N4O4/c1-8(10(19)16-12(15)21)18-11(20)14(2,17-13(18)22)9-6-4-3-5-7-9/h3-8H,1-2H3,(H,17,22)(H3,15,16,19,21)/t8-,14-/m0/s1. The zero-order chi connectivity index (χ0) is 16.5. The summed E-state index contributed by atoms with van der Waals surface area (Å²) in [6.45, 7) is 2.90. The van der Waals surface area contributed by atoms with E-state index < -0.39 is 35.5 Å². The molecule has 22 heavy (non-hydrogen) atoms. The number of nitrogens with zero attached hydrogens (tertiary/aromatic N) is 1. The molecule has 116 valence electrons. The molecule has 8 nitrogen and oxygen atoms in total. The molecule has 0 unspecified atom stereocenters. The molecule has 1 aliphatic heterocycles. The van der Waals surface area contributed by atoms with Crippen molar-refractivity contribution in [1.82, 2.24) is 15.5 Å². The molecular weight excluding hydrogens is 288 g/mol. The van der Waals surface area contributed by atoms with Gasteiger partial charge in [-0.05, 0) is 19.4 Å². The Balaban J connectivity index is 2.29. The topological polar surface area (TPSA) is 122 Å². The Labute approximate surface area is 126 Å². The summed E-state index contributed by atoms with van der Waals surface area (Å²) in [5.41, 5.74) is 4.20. The first-order valence-corrected chi connectivity index (χ1v) is 6.59. The lowest BCUT2D eigenvalue weighted by Gasteiger charge is -2.24. The molecule has 0 bridgehead atoms. The fourth-order valence-corrected chi connectivity index (χ4v) is 2.32. The number of rotatable bonds is 3. The highest BCUT2D eigenvalue weighted by Crippen LogP contribution is 2.29. The van der Waals surface area contributed by atoms with E-state index in [4.69, 9.17) is 5.73 Å². The second kappa shape index (κ2) is 5.47. The predicted octanol–water partition coefficient (Wildman–Crippen LogP) is 0.0370. The van der Waals surface area contributed by atoms with E-state index in [0.717, 1.165) is 4.90 Å². The molecule has 1 aromatic rings. The van der Waals surface area contributed by atoms with Gasteiger partial charge in [-0.2, -0.15) is 0 Å². The van der Waals surface area contributed by atoms with Crippen LogP contribution in [0.15, 0.2) is 30.3 Å². The number of benzene rings is 1. The summed E-state index contributed by atoms with van der Waals surface area (Å²) in [4.78, 5) is 48.0. The smallest absolute Gasteiger partial charge is 0.326 e. The lowest BCUT2D eigenvalue weighted by atomic mass is 9.92. The van der Waals surface area contributed by atoms with Gasteiger partial charge < -0.3 is 11.1 Å². The highest BCUT2D eigenvalue weighted by Gasteiger charge is 2.51. The van der Waals surface area contributed by atoms with Gasteiger partial charge in [-0.3, -0.25) is 14.9 Å².